The van der Waals surface area contributed by atoms with Crippen LogP contribution in [0.4, 0.5) is 0 Å². The van der Waals surface area contributed by atoms with Crippen molar-refractivity contribution in [2.75, 3.05) is 7.11 Å². The van der Waals surface area contributed by atoms with Crippen LogP contribution in [0.3, 0.4) is 0 Å². The molecule has 0 radical (unpaired) electrons. The topological polar surface area (TPSA) is 26.3 Å². The number of benzene rings is 1. The zero-order chi connectivity index (χ0) is 11.3. The summed E-state index contributed by atoms with van der Waals surface area (Å²) in [5, 5.41) is 0. The van der Waals surface area contributed by atoms with Crippen molar-refractivity contribution in [2.45, 2.75) is 19.3 Å². The number of aldehydes is 1. The van der Waals surface area contributed by atoms with Crippen LogP contribution in [0.2, 0.25) is 0 Å². The van der Waals surface area contributed by atoms with Gasteiger partial charge in [0.2, 0.25) is 0 Å². The smallest absolute Gasteiger partial charge is 0.127 e. The minimum absolute atomic E-state index is 0.127. The fourth-order valence-electron chi connectivity index (χ4n) is 1.50. The van der Waals surface area contributed by atoms with Gasteiger partial charge in [0.05, 0.1) is 7.11 Å². The van der Waals surface area contributed by atoms with Gasteiger partial charge in [0.15, 0.2) is 0 Å². The second kappa shape index (κ2) is 5.35. The van der Waals surface area contributed by atoms with Gasteiger partial charge in [0.1, 0.15) is 12.0 Å². The van der Waals surface area contributed by atoms with Gasteiger partial charge in [0.25, 0.3) is 0 Å². The summed E-state index contributed by atoms with van der Waals surface area (Å²) in [5.41, 5.74) is 2.07. The first-order valence-electron chi connectivity index (χ1n) is 4.96. The van der Waals surface area contributed by atoms with Gasteiger partial charge >= 0.3 is 0 Å². The van der Waals surface area contributed by atoms with E-state index in [1.807, 2.05) is 31.2 Å². The molecule has 80 valence electrons. The maximum absolute atomic E-state index is 10.7. The molecule has 0 bridgehead atoms. The molecular weight excluding hydrogens is 188 g/mol. The van der Waals surface area contributed by atoms with E-state index in [-0.39, 0.29) is 5.92 Å². The van der Waals surface area contributed by atoms with Crippen molar-refractivity contribution in [1.82, 2.24) is 0 Å². The lowest BCUT2D eigenvalue weighted by molar-refractivity contribution is -0.108. The van der Waals surface area contributed by atoms with Crippen LogP contribution in [-0.4, -0.2) is 13.4 Å². The van der Waals surface area contributed by atoms with E-state index in [1.165, 1.54) is 0 Å². The van der Waals surface area contributed by atoms with E-state index in [0.29, 0.717) is 0 Å². The second-order valence-corrected chi connectivity index (χ2v) is 3.49. The Morgan fingerprint density at radius 3 is 2.80 bits per heavy atom. The lowest BCUT2D eigenvalue weighted by atomic mass is 9.99. The summed E-state index contributed by atoms with van der Waals surface area (Å²) in [4.78, 5) is 10.7. The molecule has 1 rings (SSSR count). The third kappa shape index (κ3) is 2.69. The van der Waals surface area contributed by atoms with Crippen LogP contribution in [-0.2, 0) is 11.2 Å². The molecule has 1 unspecified atom stereocenters. The predicted molar refractivity (Wildman–Crippen MR) is 61.4 cm³/mol. The molecule has 1 aromatic rings. The molecule has 0 aliphatic heterocycles. The monoisotopic (exact) mass is 204 g/mol. The van der Waals surface area contributed by atoms with Crippen molar-refractivity contribution < 1.29 is 9.53 Å². The van der Waals surface area contributed by atoms with Gasteiger partial charge < -0.3 is 9.53 Å². The van der Waals surface area contributed by atoms with Crippen LogP contribution in [0.1, 0.15) is 24.0 Å². The predicted octanol–water partition coefficient (Wildman–Crippen LogP) is 2.73. The Kier molecular flexibility index (Phi) is 4.10. The largest absolute Gasteiger partial charge is 0.496 e. The molecule has 0 aliphatic rings. The Bertz CT molecular complexity index is 356. The van der Waals surface area contributed by atoms with Crippen LogP contribution in [0.5, 0.6) is 5.75 Å². The molecule has 0 amide bonds. The standard InChI is InChI=1S/C13H16O2/c1-4-5-11-6-7-12(10(2)9-14)13(8-11)15-3/h4,6-10H,1,5H2,2-3H3. The van der Waals surface area contributed by atoms with Gasteiger partial charge in [-0.25, -0.2) is 0 Å². The summed E-state index contributed by atoms with van der Waals surface area (Å²) in [5.74, 6) is 0.645. The number of ether oxygens (including phenoxy) is 1. The summed E-state index contributed by atoms with van der Waals surface area (Å²) in [6.45, 7) is 5.55. The van der Waals surface area contributed by atoms with Crippen LogP contribution < -0.4 is 4.74 Å². The lowest BCUT2D eigenvalue weighted by Gasteiger charge is -2.11. The quantitative estimate of drug-likeness (QED) is 0.544. The average molecular weight is 204 g/mol. The number of carbonyl (C=O) groups is 1. The van der Waals surface area contributed by atoms with Crippen LogP contribution in [0.15, 0.2) is 30.9 Å². The molecule has 0 saturated heterocycles. The Balaban J connectivity index is 3.08. The highest BCUT2D eigenvalue weighted by Gasteiger charge is 2.10. The number of methoxy groups -OCH3 is 1. The molecule has 0 aromatic heterocycles. The zero-order valence-electron chi connectivity index (χ0n) is 9.19. The molecule has 0 fully saturated rings. The van der Waals surface area contributed by atoms with Gasteiger partial charge in [-0.2, -0.15) is 0 Å². The van der Waals surface area contributed by atoms with Gasteiger partial charge in [-0.3, -0.25) is 0 Å². The summed E-state index contributed by atoms with van der Waals surface area (Å²) in [6.07, 6.45) is 3.58. The van der Waals surface area contributed by atoms with E-state index in [0.717, 1.165) is 29.6 Å². The third-order valence-electron chi connectivity index (χ3n) is 2.37. The molecule has 0 heterocycles. The summed E-state index contributed by atoms with van der Waals surface area (Å²) < 4.78 is 5.26. The van der Waals surface area contributed by atoms with E-state index in [2.05, 4.69) is 6.58 Å². The van der Waals surface area contributed by atoms with Crippen molar-refractivity contribution >= 4 is 6.29 Å². The first-order chi connectivity index (χ1) is 7.22. The maximum Gasteiger partial charge on any atom is 0.127 e. The molecular formula is C13H16O2. The molecule has 0 spiro atoms. The average Bonchev–Trinajstić information content (AvgIpc) is 2.28. The Morgan fingerprint density at radius 1 is 1.53 bits per heavy atom. The molecule has 0 N–H and O–H groups in total. The molecule has 2 nitrogen and oxygen atoms in total. The Labute approximate surface area is 90.6 Å². The van der Waals surface area contributed by atoms with Crippen LogP contribution in [0.25, 0.3) is 0 Å². The highest BCUT2D eigenvalue weighted by molar-refractivity contribution is 5.64. The number of rotatable bonds is 5. The maximum atomic E-state index is 10.7. The molecule has 2 heteroatoms. The van der Waals surface area contributed by atoms with Gasteiger partial charge in [-0.05, 0) is 18.1 Å². The van der Waals surface area contributed by atoms with E-state index in [4.69, 9.17) is 4.74 Å². The van der Waals surface area contributed by atoms with E-state index in [9.17, 15) is 4.79 Å². The van der Waals surface area contributed by atoms with Crippen molar-refractivity contribution in [3.8, 4) is 5.75 Å². The molecule has 0 saturated carbocycles. The van der Waals surface area contributed by atoms with Crippen molar-refractivity contribution in [1.29, 1.82) is 0 Å². The first-order valence-corrected chi connectivity index (χ1v) is 4.96. The van der Waals surface area contributed by atoms with E-state index in [1.54, 1.807) is 7.11 Å². The minimum Gasteiger partial charge on any atom is -0.496 e. The number of carbonyl (C=O) groups excluding carboxylic acids is 1. The van der Waals surface area contributed by atoms with Crippen molar-refractivity contribution in [2.24, 2.45) is 0 Å². The molecule has 1 aromatic carbocycles. The third-order valence-corrected chi connectivity index (χ3v) is 2.37. The lowest BCUT2D eigenvalue weighted by Crippen LogP contribution is -1.99. The second-order valence-electron chi connectivity index (χ2n) is 3.49. The number of allylic oxidation sites excluding steroid dienone is 1. The first kappa shape index (κ1) is 11.5. The van der Waals surface area contributed by atoms with Crippen molar-refractivity contribution in [3.63, 3.8) is 0 Å². The summed E-state index contributed by atoms with van der Waals surface area (Å²) in [6, 6.07) is 5.90. The Morgan fingerprint density at radius 2 is 2.27 bits per heavy atom. The highest BCUT2D eigenvalue weighted by Crippen LogP contribution is 2.26. The Hall–Kier alpha value is -1.57. The normalized spacial score (nSPS) is 11.9. The van der Waals surface area contributed by atoms with Gasteiger partial charge in [-0.1, -0.05) is 25.1 Å². The highest BCUT2D eigenvalue weighted by atomic mass is 16.5. The fraction of sp³-hybridized carbons (Fsp3) is 0.308. The van der Waals surface area contributed by atoms with E-state index >= 15 is 0 Å². The van der Waals surface area contributed by atoms with E-state index < -0.39 is 0 Å². The summed E-state index contributed by atoms with van der Waals surface area (Å²) >= 11 is 0. The van der Waals surface area contributed by atoms with Crippen molar-refractivity contribution in [3.05, 3.63) is 42.0 Å². The molecule has 1 atom stereocenters. The van der Waals surface area contributed by atoms with Gasteiger partial charge in [-0.15, -0.1) is 6.58 Å². The van der Waals surface area contributed by atoms with Gasteiger partial charge in [0, 0.05) is 11.5 Å². The van der Waals surface area contributed by atoms with Crippen LogP contribution in [0, 0.1) is 0 Å². The fourth-order valence-corrected chi connectivity index (χ4v) is 1.50. The van der Waals surface area contributed by atoms with Crippen LogP contribution >= 0.6 is 0 Å². The SMILES string of the molecule is C=CCc1ccc(C(C)C=O)c(OC)c1. The molecule has 15 heavy (non-hydrogen) atoms. The number of hydrogen-bond donors (Lipinski definition) is 0. The zero-order valence-corrected chi connectivity index (χ0v) is 9.19. The molecule has 0 aliphatic carbocycles. The number of hydrogen-bond acceptors (Lipinski definition) is 2. The minimum atomic E-state index is -0.127. The summed E-state index contributed by atoms with van der Waals surface area (Å²) in [7, 11) is 1.62.